The first-order valence-corrected chi connectivity index (χ1v) is 10.1. The summed E-state index contributed by atoms with van der Waals surface area (Å²) in [6, 6.07) is 12.8. The molecule has 1 aliphatic heterocycles. The second-order valence-electron chi connectivity index (χ2n) is 7.53. The molecule has 154 valence electrons. The number of carbonyl (C=O) groups is 2. The second kappa shape index (κ2) is 9.96. The Morgan fingerprint density at radius 1 is 1.03 bits per heavy atom. The van der Waals surface area contributed by atoms with E-state index >= 15 is 0 Å². The number of hydrogen-bond donors (Lipinski definition) is 2. The normalized spacial score (nSPS) is 12.9. The van der Waals surface area contributed by atoms with Gasteiger partial charge in [0.2, 0.25) is 5.91 Å². The molecule has 6 heteroatoms. The van der Waals surface area contributed by atoms with Crippen LogP contribution in [0.15, 0.2) is 42.5 Å². The molecule has 0 saturated carbocycles. The van der Waals surface area contributed by atoms with Crippen LogP contribution in [0.1, 0.15) is 42.6 Å². The first kappa shape index (κ1) is 20.7. The monoisotopic (exact) mass is 396 g/mol. The van der Waals surface area contributed by atoms with Gasteiger partial charge >= 0.3 is 0 Å². The first-order chi connectivity index (χ1) is 14.0. The standard InChI is InChI=1S/C23H28N2O4/c1-16(2)11-13-28-19-6-3-17(4-7-19)23(27)24-12-14-29-20-8-9-21-18(15-20)5-10-22(26)25-21/h3-4,6-9,15-16H,5,10-14H2,1-2H3,(H,24,27)(H,25,26). The van der Waals surface area contributed by atoms with Crippen molar-refractivity contribution in [2.75, 3.05) is 25.1 Å². The van der Waals surface area contributed by atoms with Crippen molar-refractivity contribution in [1.82, 2.24) is 5.32 Å². The molecule has 0 aliphatic carbocycles. The highest BCUT2D eigenvalue weighted by molar-refractivity contribution is 5.94. The second-order valence-corrected chi connectivity index (χ2v) is 7.53. The van der Waals surface area contributed by atoms with Crippen molar-refractivity contribution in [3.8, 4) is 11.5 Å². The van der Waals surface area contributed by atoms with Crippen LogP contribution in [-0.4, -0.2) is 31.6 Å². The summed E-state index contributed by atoms with van der Waals surface area (Å²) in [5.74, 6) is 2.01. The molecule has 0 fully saturated rings. The Morgan fingerprint density at radius 3 is 2.52 bits per heavy atom. The molecule has 0 bridgehead atoms. The van der Waals surface area contributed by atoms with E-state index < -0.39 is 0 Å². The molecule has 0 saturated heterocycles. The molecule has 29 heavy (non-hydrogen) atoms. The Morgan fingerprint density at radius 2 is 1.76 bits per heavy atom. The van der Waals surface area contributed by atoms with Gasteiger partial charge in [-0.05, 0) is 66.8 Å². The van der Waals surface area contributed by atoms with Gasteiger partial charge in [-0.3, -0.25) is 9.59 Å². The number of anilines is 1. The van der Waals surface area contributed by atoms with Crippen LogP contribution in [0, 0.1) is 5.92 Å². The third-order valence-electron chi connectivity index (χ3n) is 4.71. The maximum atomic E-state index is 12.2. The number of ether oxygens (including phenoxy) is 2. The third kappa shape index (κ3) is 6.24. The molecule has 6 nitrogen and oxygen atoms in total. The summed E-state index contributed by atoms with van der Waals surface area (Å²) in [6.45, 7) is 5.76. The van der Waals surface area contributed by atoms with E-state index in [1.807, 2.05) is 30.3 Å². The minimum Gasteiger partial charge on any atom is -0.494 e. The van der Waals surface area contributed by atoms with Crippen molar-refractivity contribution in [3.63, 3.8) is 0 Å². The van der Waals surface area contributed by atoms with Crippen molar-refractivity contribution < 1.29 is 19.1 Å². The topological polar surface area (TPSA) is 76.7 Å². The molecule has 0 aromatic heterocycles. The van der Waals surface area contributed by atoms with Gasteiger partial charge in [-0.25, -0.2) is 0 Å². The summed E-state index contributed by atoms with van der Waals surface area (Å²) in [5, 5.41) is 5.70. The number of amides is 2. The zero-order valence-electron chi connectivity index (χ0n) is 17.0. The summed E-state index contributed by atoms with van der Waals surface area (Å²) in [5.41, 5.74) is 2.51. The molecule has 1 heterocycles. The maximum Gasteiger partial charge on any atom is 0.251 e. The number of benzene rings is 2. The lowest BCUT2D eigenvalue weighted by atomic mass is 10.0. The fourth-order valence-corrected chi connectivity index (χ4v) is 3.00. The number of fused-ring (bicyclic) bond motifs is 1. The van der Waals surface area contributed by atoms with Crippen LogP contribution in [0.2, 0.25) is 0 Å². The lowest BCUT2D eigenvalue weighted by Crippen LogP contribution is -2.28. The van der Waals surface area contributed by atoms with E-state index in [4.69, 9.17) is 9.47 Å². The molecular weight excluding hydrogens is 368 g/mol. The average molecular weight is 396 g/mol. The molecule has 1 aliphatic rings. The smallest absolute Gasteiger partial charge is 0.251 e. The molecule has 0 radical (unpaired) electrons. The van der Waals surface area contributed by atoms with E-state index in [0.29, 0.717) is 44.1 Å². The predicted molar refractivity (Wildman–Crippen MR) is 113 cm³/mol. The van der Waals surface area contributed by atoms with Gasteiger partial charge in [0.05, 0.1) is 13.2 Å². The van der Waals surface area contributed by atoms with Crippen LogP contribution in [0.5, 0.6) is 11.5 Å². The maximum absolute atomic E-state index is 12.2. The zero-order valence-corrected chi connectivity index (χ0v) is 17.0. The number of carbonyl (C=O) groups excluding carboxylic acids is 2. The van der Waals surface area contributed by atoms with Crippen LogP contribution >= 0.6 is 0 Å². The minimum atomic E-state index is -0.143. The van der Waals surface area contributed by atoms with Gasteiger partial charge in [-0.2, -0.15) is 0 Å². The number of rotatable bonds is 9. The van der Waals surface area contributed by atoms with Crippen LogP contribution in [-0.2, 0) is 11.2 Å². The molecule has 0 atom stereocenters. The van der Waals surface area contributed by atoms with Gasteiger partial charge in [-0.15, -0.1) is 0 Å². The van der Waals surface area contributed by atoms with Gasteiger partial charge in [0, 0.05) is 17.7 Å². The Kier molecular flexibility index (Phi) is 7.11. The first-order valence-electron chi connectivity index (χ1n) is 10.1. The highest BCUT2D eigenvalue weighted by atomic mass is 16.5. The van der Waals surface area contributed by atoms with Gasteiger partial charge < -0.3 is 20.1 Å². The molecule has 2 aromatic rings. The summed E-state index contributed by atoms with van der Waals surface area (Å²) in [6.07, 6.45) is 2.21. The van der Waals surface area contributed by atoms with E-state index in [0.717, 1.165) is 29.2 Å². The van der Waals surface area contributed by atoms with E-state index in [1.54, 1.807) is 12.1 Å². The van der Waals surface area contributed by atoms with Crippen LogP contribution < -0.4 is 20.1 Å². The molecule has 2 aromatic carbocycles. The van der Waals surface area contributed by atoms with Crippen LogP contribution in [0.4, 0.5) is 5.69 Å². The molecule has 2 N–H and O–H groups in total. The number of hydrogen-bond acceptors (Lipinski definition) is 4. The minimum absolute atomic E-state index is 0.0454. The van der Waals surface area contributed by atoms with E-state index in [-0.39, 0.29) is 11.8 Å². The van der Waals surface area contributed by atoms with E-state index in [2.05, 4.69) is 24.5 Å². The van der Waals surface area contributed by atoms with Crippen LogP contribution in [0.25, 0.3) is 0 Å². The van der Waals surface area contributed by atoms with Gasteiger partial charge in [0.1, 0.15) is 18.1 Å². The molecule has 2 amide bonds. The summed E-state index contributed by atoms with van der Waals surface area (Å²) >= 11 is 0. The summed E-state index contributed by atoms with van der Waals surface area (Å²) < 4.78 is 11.4. The fourth-order valence-electron chi connectivity index (χ4n) is 3.00. The highest BCUT2D eigenvalue weighted by Crippen LogP contribution is 2.26. The zero-order chi connectivity index (χ0) is 20.6. The molecule has 0 spiro atoms. The Hall–Kier alpha value is -3.02. The third-order valence-corrected chi connectivity index (χ3v) is 4.71. The van der Waals surface area contributed by atoms with E-state index in [1.165, 1.54) is 0 Å². The Labute approximate surface area is 171 Å². The lowest BCUT2D eigenvalue weighted by Gasteiger charge is -2.17. The largest absolute Gasteiger partial charge is 0.494 e. The van der Waals surface area contributed by atoms with Crippen LogP contribution in [0.3, 0.4) is 0 Å². The number of aryl methyl sites for hydroxylation is 1. The Balaban J connectivity index is 1.40. The van der Waals surface area contributed by atoms with Crippen molar-refractivity contribution >= 4 is 17.5 Å². The predicted octanol–water partition coefficient (Wildman–Crippen LogP) is 3.81. The lowest BCUT2D eigenvalue weighted by molar-refractivity contribution is -0.116. The molecular formula is C23H28N2O4. The summed E-state index contributed by atoms with van der Waals surface area (Å²) in [7, 11) is 0. The fraction of sp³-hybridized carbons (Fsp3) is 0.391. The molecule has 3 rings (SSSR count). The van der Waals surface area contributed by atoms with Crippen molar-refractivity contribution in [1.29, 1.82) is 0 Å². The van der Waals surface area contributed by atoms with Gasteiger partial charge in [0.15, 0.2) is 0 Å². The van der Waals surface area contributed by atoms with Gasteiger partial charge in [0.25, 0.3) is 5.91 Å². The summed E-state index contributed by atoms with van der Waals surface area (Å²) in [4.78, 5) is 23.6. The molecule has 0 unspecified atom stereocenters. The quantitative estimate of drug-likeness (QED) is 0.632. The van der Waals surface area contributed by atoms with E-state index in [9.17, 15) is 9.59 Å². The SMILES string of the molecule is CC(C)CCOc1ccc(C(=O)NCCOc2ccc3c(c2)CCC(=O)N3)cc1. The highest BCUT2D eigenvalue weighted by Gasteiger charge is 2.15. The van der Waals surface area contributed by atoms with Crippen molar-refractivity contribution in [2.45, 2.75) is 33.1 Å². The Bertz CT molecular complexity index is 846. The van der Waals surface area contributed by atoms with Crippen molar-refractivity contribution in [3.05, 3.63) is 53.6 Å². The number of nitrogens with one attached hydrogen (secondary N) is 2. The average Bonchev–Trinajstić information content (AvgIpc) is 2.71. The van der Waals surface area contributed by atoms with Gasteiger partial charge in [-0.1, -0.05) is 13.8 Å². The van der Waals surface area contributed by atoms with Crippen molar-refractivity contribution in [2.24, 2.45) is 5.92 Å².